The van der Waals surface area contributed by atoms with E-state index in [4.69, 9.17) is 16.3 Å². The minimum Gasteiger partial charge on any atom is -0.488 e. The molecule has 1 amide bonds. The highest BCUT2D eigenvalue weighted by atomic mass is 35.5. The molecule has 154 valence electrons. The van der Waals surface area contributed by atoms with Crippen LogP contribution in [0.15, 0.2) is 41.3 Å². The molecule has 0 aromatic heterocycles. The molecular formula is C20H18ClF2NO4S. The second-order valence-corrected chi connectivity index (χ2v) is 9.87. The van der Waals surface area contributed by atoms with Crippen LogP contribution >= 0.6 is 11.6 Å². The molecule has 0 N–H and O–H groups in total. The highest BCUT2D eigenvalue weighted by molar-refractivity contribution is 7.92. The number of amides is 1. The third-order valence-corrected chi connectivity index (χ3v) is 8.52. The molecule has 2 aromatic rings. The van der Waals surface area contributed by atoms with Gasteiger partial charge in [-0.1, -0.05) is 11.6 Å². The minimum atomic E-state index is -4.26. The summed E-state index contributed by atoms with van der Waals surface area (Å²) in [5, 5.41) is 0.344. The van der Waals surface area contributed by atoms with Crippen molar-refractivity contribution in [2.45, 2.75) is 35.4 Å². The van der Waals surface area contributed by atoms with Gasteiger partial charge in [-0.25, -0.2) is 17.2 Å². The molecular weight excluding hydrogens is 424 g/mol. The summed E-state index contributed by atoms with van der Waals surface area (Å²) in [6.45, 7) is 1.38. The number of carbonyl (C=O) groups excluding carboxylic acids is 1. The molecule has 29 heavy (non-hydrogen) atoms. The SMILES string of the molecule is CC(=O)N1CCCC2(S(=O)(=O)c3ccc(Cl)cc3)c3c(F)ccc(F)c3OCC12. The first kappa shape index (κ1) is 20.1. The Labute approximate surface area is 172 Å². The Kier molecular flexibility index (Phi) is 4.82. The topological polar surface area (TPSA) is 63.7 Å². The van der Waals surface area contributed by atoms with E-state index in [0.717, 1.165) is 12.1 Å². The number of likely N-dealkylation sites (tertiary alicyclic amines) is 1. The van der Waals surface area contributed by atoms with Gasteiger partial charge in [0.15, 0.2) is 21.4 Å². The number of piperidine rings is 1. The third-order valence-electron chi connectivity index (χ3n) is 5.74. The van der Waals surface area contributed by atoms with Crippen LogP contribution in [0.25, 0.3) is 0 Å². The summed E-state index contributed by atoms with van der Waals surface area (Å²) >= 11 is 5.90. The maximum absolute atomic E-state index is 15.1. The summed E-state index contributed by atoms with van der Waals surface area (Å²) in [7, 11) is -4.26. The molecule has 2 unspecified atom stereocenters. The lowest BCUT2D eigenvalue weighted by Gasteiger charge is -2.51. The van der Waals surface area contributed by atoms with Gasteiger partial charge in [0.05, 0.1) is 16.5 Å². The molecule has 2 aliphatic rings. The molecule has 2 aliphatic heterocycles. The number of halogens is 3. The molecule has 2 atom stereocenters. The third kappa shape index (κ3) is 2.84. The van der Waals surface area contributed by atoms with E-state index in [-0.39, 0.29) is 29.4 Å². The Morgan fingerprint density at radius 2 is 1.83 bits per heavy atom. The van der Waals surface area contributed by atoms with Crippen LogP contribution in [-0.2, 0) is 19.4 Å². The van der Waals surface area contributed by atoms with Crippen molar-refractivity contribution in [2.75, 3.05) is 13.2 Å². The zero-order chi connectivity index (χ0) is 21.0. The summed E-state index contributed by atoms with van der Waals surface area (Å²) in [5.41, 5.74) is -0.352. The van der Waals surface area contributed by atoms with Gasteiger partial charge in [-0.15, -0.1) is 0 Å². The first-order valence-electron chi connectivity index (χ1n) is 9.09. The maximum Gasteiger partial charge on any atom is 0.219 e. The minimum absolute atomic E-state index is 0.0309. The second-order valence-electron chi connectivity index (χ2n) is 7.22. The Bertz CT molecular complexity index is 1090. The highest BCUT2D eigenvalue weighted by Crippen LogP contribution is 2.53. The van der Waals surface area contributed by atoms with E-state index < -0.39 is 38.0 Å². The van der Waals surface area contributed by atoms with Crippen molar-refractivity contribution in [2.24, 2.45) is 0 Å². The van der Waals surface area contributed by atoms with Gasteiger partial charge in [-0.3, -0.25) is 4.79 Å². The predicted molar refractivity (Wildman–Crippen MR) is 103 cm³/mol. The van der Waals surface area contributed by atoms with E-state index in [2.05, 4.69) is 0 Å². The Balaban J connectivity index is 2.05. The number of rotatable bonds is 2. The maximum atomic E-state index is 15.1. The standard InChI is InChI=1S/C20H18ClF2NO4S/c1-12(25)24-10-2-9-20(29(26,27)14-5-3-13(21)4-6-14)17(24)11-28-19-16(23)8-7-15(22)18(19)20/h3-8,17H,2,9-11H2,1H3. The van der Waals surface area contributed by atoms with Gasteiger partial charge in [0, 0.05) is 18.5 Å². The number of hydrogen-bond acceptors (Lipinski definition) is 4. The average molecular weight is 442 g/mol. The van der Waals surface area contributed by atoms with E-state index >= 15 is 4.39 Å². The summed E-state index contributed by atoms with van der Waals surface area (Å²) in [6, 6.07) is 6.33. The van der Waals surface area contributed by atoms with Crippen LogP contribution in [0.1, 0.15) is 25.3 Å². The summed E-state index contributed by atoms with van der Waals surface area (Å²) in [4.78, 5) is 13.6. The highest BCUT2D eigenvalue weighted by Gasteiger charge is 2.61. The number of nitrogens with zero attached hydrogens (tertiary/aromatic N) is 1. The van der Waals surface area contributed by atoms with Crippen LogP contribution in [0.5, 0.6) is 5.75 Å². The van der Waals surface area contributed by atoms with Crippen molar-refractivity contribution < 1.29 is 26.7 Å². The lowest BCUT2D eigenvalue weighted by molar-refractivity contribution is -0.135. The lowest BCUT2D eigenvalue weighted by Crippen LogP contribution is -2.64. The average Bonchev–Trinajstić information content (AvgIpc) is 2.69. The van der Waals surface area contributed by atoms with Crippen LogP contribution in [-0.4, -0.2) is 38.4 Å². The smallest absolute Gasteiger partial charge is 0.219 e. The van der Waals surface area contributed by atoms with Crippen molar-refractivity contribution in [3.63, 3.8) is 0 Å². The molecule has 2 heterocycles. The van der Waals surface area contributed by atoms with Crippen LogP contribution < -0.4 is 4.74 Å². The van der Waals surface area contributed by atoms with Crippen LogP contribution in [0, 0.1) is 11.6 Å². The van der Waals surface area contributed by atoms with Crippen molar-refractivity contribution in [1.82, 2.24) is 4.90 Å². The summed E-state index contributed by atoms with van der Waals surface area (Å²) < 4.78 is 61.0. The van der Waals surface area contributed by atoms with Crippen molar-refractivity contribution in [3.05, 3.63) is 58.6 Å². The Hall–Kier alpha value is -2.19. The van der Waals surface area contributed by atoms with Crippen molar-refractivity contribution >= 4 is 27.3 Å². The van der Waals surface area contributed by atoms with E-state index in [1.54, 1.807) is 0 Å². The molecule has 0 aliphatic carbocycles. The normalized spacial score (nSPS) is 23.7. The van der Waals surface area contributed by atoms with Gasteiger partial charge in [-0.2, -0.15) is 0 Å². The zero-order valence-electron chi connectivity index (χ0n) is 15.5. The summed E-state index contributed by atoms with van der Waals surface area (Å²) in [6.07, 6.45) is 0.349. The molecule has 0 bridgehead atoms. The van der Waals surface area contributed by atoms with E-state index in [9.17, 15) is 17.6 Å². The van der Waals surface area contributed by atoms with Crippen molar-refractivity contribution in [1.29, 1.82) is 0 Å². The number of fused-ring (bicyclic) bond motifs is 3. The number of carbonyl (C=O) groups is 1. The van der Waals surface area contributed by atoms with E-state index in [1.165, 1.54) is 36.1 Å². The number of ether oxygens (including phenoxy) is 1. The monoisotopic (exact) mass is 441 g/mol. The Morgan fingerprint density at radius 3 is 2.48 bits per heavy atom. The second kappa shape index (κ2) is 6.95. The fraction of sp³-hybridized carbons (Fsp3) is 0.350. The van der Waals surface area contributed by atoms with Crippen LogP contribution in [0.3, 0.4) is 0 Å². The number of hydrogen-bond donors (Lipinski definition) is 0. The van der Waals surface area contributed by atoms with Gasteiger partial charge in [0.1, 0.15) is 17.2 Å². The fourth-order valence-corrected chi connectivity index (χ4v) is 6.95. The van der Waals surface area contributed by atoms with E-state index in [0.29, 0.717) is 18.0 Å². The number of benzene rings is 2. The molecule has 9 heteroatoms. The molecule has 4 rings (SSSR count). The van der Waals surface area contributed by atoms with Gasteiger partial charge in [0.25, 0.3) is 0 Å². The first-order chi connectivity index (χ1) is 13.7. The fourth-order valence-electron chi connectivity index (χ4n) is 4.48. The van der Waals surface area contributed by atoms with Gasteiger partial charge < -0.3 is 9.64 Å². The zero-order valence-corrected chi connectivity index (χ0v) is 17.1. The Morgan fingerprint density at radius 1 is 1.17 bits per heavy atom. The molecule has 5 nitrogen and oxygen atoms in total. The van der Waals surface area contributed by atoms with Crippen LogP contribution in [0.2, 0.25) is 5.02 Å². The molecule has 2 aromatic carbocycles. The first-order valence-corrected chi connectivity index (χ1v) is 10.9. The van der Waals surface area contributed by atoms with Gasteiger partial charge >= 0.3 is 0 Å². The van der Waals surface area contributed by atoms with Crippen molar-refractivity contribution in [3.8, 4) is 5.75 Å². The molecule has 0 radical (unpaired) electrons. The number of sulfone groups is 1. The van der Waals surface area contributed by atoms with Gasteiger partial charge in [0.2, 0.25) is 5.91 Å². The largest absolute Gasteiger partial charge is 0.488 e. The van der Waals surface area contributed by atoms with Gasteiger partial charge in [-0.05, 0) is 49.2 Å². The van der Waals surface area contributed by atoms with E-state index in [1.807, 2.05) is 0 Å². The molecule has 0 saturated carbocycles. The van der Waals surface area contributed by atoms with Crippen LogP contribution in [0.4, 0.5) is 8.78 Å². The lowest BCUT2D eigenvalue weighted by atomic mass is 9.80. The molecule has 0 spiro atoms. The molecule has 1 fully saturated rings. The quantitative estimate of drug-likeness (QED) is 0.713. The predicted octanol–water partition coefficient (Wildman–Crippen LogP) is 3.69. The summed E-state index contributed by atoms with van der Waals surface area (Å²) in [5.74, 6) is -2.49. The molecule has 1 saturated heterocycles.